The summed E-state index contributed by atoms with van der Waals surface area (Å²) in [5.74, 6) is 1.24. The average molecular weight is 222 g/mol. The van der Waals surface area contributed by atoms with Crippen molar-refractivity contribution < 1.29 is 0 Å². The number of thioether (sulfide) groups is 1. The summed E-state index contributed by atoms with van der Waals surface area (Å²) in [4.78, 5) is 1.42. The highest BCUT2D eigenvalue weighted by atomic mass is 32.2. The molecule has 15 heavy (non-hydrogen) atoms. The molecule has 3 heteroatoms. The second kappa shape index (κ2) is 4.56. The van der Waals surface area contributed by atoms with E-state index in [9.17, 15) is 0 Å². The number of hydrogen-bond acceptors (Lipinski definition) is 3. The van der Waals surface area contributed by atoms with Gasteiger partial charge in [-0.2, -0.15) is 0 Å². The zero-order valence-corrected chi connectivity index (χ0v) is 9.89. The van der Waals surface area contributed by atoms with Gasteiger partial charge in [-0.3, -0.25) is 0 Å². The highest BCUT2D eigenvalue weighted by molar-refractivity contribution is 7.99. The standard InChI is InChI=1S/C12H18N2S/c1-8(13)12(14)10-4-5-11-9(7-10)3-2-6-15-11/h4-5,7-8,12H,2-3,6,13-14H2,1H3. The lowest BCUT2D eigenvalue weighted by Gasteiger charge is -2.20. The van der Waals surface area contributed by atoms with Crippen molar-refractivity contribution in [2.45, 2.75) is 36.7 Å². The molecule has 2 unspecified atom stereocenters. The van der Waals surface area contributed by atoms with E-state index in [1.54, 1.807) is 0 Å². The third-order valence-corrected chi connectivity index (χ3v) is 4.09. The molecule has 0 aromatic heterocycles. The number of hydrogen-bond donors (Lipinski definition) is 2. The van der Waals surface area contributed by atoms with E-state index in [1.807, 2.05) is 18.7 Å². The minimum absolute atomic E-state index is 0.0132. The Morgan fingerprint density at radius 1 is 1.33 bits per heavy atom. The molecular formula is C12H18N2S. The van der Waals surface area contributed by atoms with Gasteiger partial charge in [0.05, 0.1) is 0 Å². The minimum Gasteiger partial charge on any atom is -0.326 e. The molecule has 0 spiro atoms. The highest BCUT2D eigenvalue weighted by Crippen LogP contribution is 2.31. The van der Waals surface area contributed by atoms with Crippen molar-refractivity contribution in [1.29, 1.82) is 0 Å². The summed E-state index contributed by atoms with van der Waals surface area (Å²) in [6.45, 7) is 1.96. The van der Waals surface area contributed by atoms with Crippen LogP contribution in [-0.2, 0) is 6.42 Å². The Balaban J connectivity index is 2.27. The van der Waals surface area contributed by atoms with E-state index in [0.717, 1.165) is 0 Å². The molecule has 1 heterocycles. The quantitative estimate of drug-likeness (QED) is 0.805. The predicted molar refractivity (Wildman–Crippen MR) is 66.1 cm³/mol. The topological polar surface area (TPSA) is 52.0 Å². The Hall–Kier alpha value is -0.510. The smallest absolute Gasteiger partial charge is 0.0446 e. The van der Waals surface area contributed by atoms with Gasteiger partial charge >= 0.3 is 0 Å². The molecular weight excluding hydrogens is 204 g/mol. The van der Waals surface area contributed by atoms with Crippen LogP contribution in [0, 0.1) is 0 Å². The maximum absolute atomic E-state index is 6.04. The lowest BCUT2D eigenvalue weighted by Crippen LogP contribution is -2.31. The van der Waals surface area contributed by atoms with Gasteiger partial charge in [-0.25, -0.2) is 0 Å². The molecule has 82 valence electrons. The van der Waals surface area contributed by atoms with E-state index in [0.29, 0.717) is 0 Å². The van der Waals surface area contributed by atoms with Crippen LogP contribution < -0.4 is 11.5 Å². The fraction of sp³-hybridized carbons (Fsp3) is 0.500. The van der Waals surface area contributed by atoms with Gasteiger partial charge in [0.2, 0.25) is 0 Å². The van der Waals surface area contributed by atoms with E-state index in [-0.39, 0.29) is 12.1 Å². The first-order valence-electron chi connectivity index (χ1n) is 5.45. The first-order chi connectivity index (χ1) is 7.18. The zero-order valence-electron chi connectivity index (χ0n) is 9.07. The summed E-state index contributed by atoms with van der Waals surface area (Å²) in [6.07, 6.45) is 2.45. The van der Waals surface area contributed by atoms with Crippen LogP contribution in [0.25, 0.3) is 0 Å². The largest absolute Gasteiger partial charge is 0.326 e. The first-order valence-corrected chi connectivity index (χ1v) is 6.44. The maximum atomic E-state index is 6.04. The van der Waals surface area contributed by atoms with Gasteiger partial charge in [0.25, 0.3) is 0 Å². The van der Waals surface area contributed by atoms with Gasteiger partial charge in [-0.15, -0.1) is 11.8 Å². The van der Waals surface area contributed by atoms with E-state index < -0.39 is 0 Å². The molecule has 1 aliphatic rings. The van der Waals surface area contributed by atoms with Crippen LogP contribution in [0.2, 0.25) is 0 Å². The van der Waals surface area contributed by atoms with Crippen molar-refractivity contribution in [1.82, 2.24) is 0 Å². The molecule has 1 aliphatic heterocycles. The number of benzene rings is 1. The fourth-order valence-electron chi connectivity index (χ4n) is 1.89. The molecule has 2 rings (SSSR count). The van der Waals surface area contributed by atoms with Crippen molar-refractivity contribution in [3.8, 4) is 0 Å². The van der Waals surface area contributed by atoms with Crippen LogP contribution in [0.1, 0.15) is 30.5 Å². The number of fused-ring (bicyclic) bond motifs is 1. The van der Waals surface area contributed by atoms with Crippen molar-refractivity contribution in [3.63, 3.8) is 0 Å². The van der Waals surface area contributed by atoms with E-state index in [1.165, 1.54) is 34.6 Å². The zero-order chi connectivity index (χ0) is 10.8. The van der Waals surface area contributed by atoms with Crippen LogP contribution >= 0.6 is 11.8 Å². The van der Waals surface area contributed by atoms with Gasteiger partial charge < -0.3 is 11.5 Å². The third kappa shape index (κ3) is 2.36. The van der Waals surface area contributed by atoms with Gasteiger partial charge in [-0.05, 0) is 42.7 Å². The van der Waals surface area contributed by atoms with Gasteiger partial charge in [0.1, 0.15) is 0 Å². The Kier molecular flexibility index (Phi) is 3.34. The van der Waals surface area contributed by atoms with Crippen LogP contribution in [0.3, 0.4) is 0 Å². The third-order valence-electron chi connectivity index (χ3n) is 2.88. The summed E-state index contributed by atoms with van der Waals surface area (Å²) in [5.41, 5.74) is 14.5. The Morgan fingerprint density at radius 3 is 2.87 bits per heavy atom. The van der Waals surface area contributed by atoms with Crippen LogP contribution in [-0.4, -0.2) is 11.8 Å². The number of nitrogens with two attached hydrogens (primary N) is 2. The molecule has 0 bridgehead atoms. The second-order valence-corrected chi connectivity index (χ2v) is 5.34. The maximum Gasteiger partial charge on any atom is 0.0446 e. The highest BCUT2D eigenvalue weighted by Gasteiger charge is 2.15. The van der Waals surface area contributed by atoms with E-state index in [4.69, 9.17) is 11.5 Å². The molecule has 2 atom stereocenters. The number of aryl methyl sites for hydroxylation is 1. The number of rotatable bonds is 2. The second-order valence-electron chi connectivity index (χ2n) is 4.20. The lowest BCUT2D eigenvalue weighted by atomic mass is 9.98. The Labute approximate surface area is 95.4 Å². The van der Waals surface area contributed by atoms with Gasteiger partial charge in [-0.1, -0.05) is 12.1 Å². The summed E-state index contributed by atoms with van der Waals surface area (Å²) >= 11 is 1.95. The molecule has 0 saturated heterocycles. The Bertz CT molecular complexity index is 349. The van der Waals surface area contributed by atoms with Crippen molar-refractivity contribution in [2.75, 3.05) is 5.75 Å². The first kappa shape index (κ1) is 11.0. The molecule has 0 fully saturated rings. The molecule has 1 aromatic rings. The molecule has 0 radical (unpaired) electrons. The van der Waals surface area contributed by atoms with Crippen LogP contribution in [0.5, 0.6) is 0 Å². The van der Waals surface area contributed by atoms with E-state index in [2.05, 4.69) is 18.2 Å². The van der Waals surface area contributed by atoms with Crippen LogP contribution in [0.4, 0.5) is 0 Å². The summed E-state index contributed by atoms with van der Waals surface area (Å²) in [6, 6.07) is 6.51. The normalized spacial score (nSPS) is 19.4. The van der Waals surface area contributed by atoms with Crippen molar-refractivity contribution >= 4 is 11.8 Å². The van der Waals surface area contributed by atoms with E-state index >= 15 is 0 Å². The Morgan fingerprint density at radius 2 is 2.13 bits per heavy atom. The molecule has 2 nitrogen and oxygen atoms in total. The lowest BCUT2D eigenvalue weighted by molar-refractivity contribution is 0.587. The van der Waals surface area contributed by atoms with Crippen molar-refractivity contribution in [3.05, 3.63) is 29.3 Å². The molecule has 4 N–H and O–H groups in total. The van der Waals surface area contributed by atoms with Crippen LogP contribution in [0.15, 0.2) is 23.1 Å². The summed E-state index contributed by atoms with van der Waals surface area (Å²) in [5, 5.41) is 0. The van der Waals surface area contributed by atoms with Gasteiger partial charge in [0.15, 0.2) is 0 Å². The minimum atomic E-state index is -0.0396. The van der Waals surface area contributed by atoms with Gasteiger partial charge in [0, 0.05) is 17.0 Å². The monoisotopic (exact) mass is 222 g/mol. The molecule has 0 saturated carbocycles. The SMILES string of the molecule is CC(N)C(N)c1ccc2c(c1)CCCS2. The average Bonchev–Trinajstić information content (AvgIpc) is 2.27. The molecule has 0 aliphatic carbocycles. The molecule has 0 amide bonds. The fourth-order valence-corrected chi connectivity index (χ4v) is 2.91. The summed E-state index contributed by atoms with van der Waals surface area (Å²) in [7, 11) is 0. The van der Waals surface area contributed by atoms with Crippen molar-refractivity contribution in [2.24, 2.45) is 11.5 Å². The summed E-state index contributed by atoms with van der Waals surface area (Å²) < 4.78 is 0. The molecule has 1 aromatic carbocycles. The predicted octanol–water partition coefficient (Wildman–Crippen LogP) is 2.07.